The SMILES string of the molecule is CCN1C(N)=NCC12CCC(C)(C)C2. The van der Waals surface area contributed by atoms with Gasteiger partial charge in [0.05, 0.1) is 12.1 Å². The molecule has 1 aliphatic heterocycles. The van der Waals surface area contributed by atoms with Gasteiger partial charge < -0.3 is 10.6 Å². The minimum atomic E-state index is 0.266. The summed E-state index contributed by atoms with van der Waals surface area (Å²) in [6.07, 6.45) is 3.78. The summed E-state index contributed by atoms with van der Waals surface area (Å²) in [6.45, 7) is 8.77. The van der Waals surface area contributed by atoms with Crippen LogP contribution < -0.4 is 5.73 Å². The van der Waals surface area contributed by atoms with Crippen LogP contribution in [0.5, 0.6) is 0 Å². The van der Waals surface area contributed by atoms with E-state index in [1.54, 1.807) is 0 Å². The van der Waals surface area contributed by atoms with E-state index in [1.165, 1.54) is 19.3 Å². The number of hydrogen-bond acceptors (Lipinski definition) is 3. The molecule has 1 heterocycles. The van der Waals surface area contributed by atoms with Gasteiger partial charge in [-0.15, -0.1) is 0 Å². The Morgan fingerprint density at radius 3 is 2.64 bits per heavy atom. The predicted octanol–water partition coefficient (Wildman–Crippen LogP) is 1.59. The highest BCUT2D eigenvalue weighted by molar-refractivity contribution is 5.81. The monoisotopic (exact) mass is 195 g/mol. The summed E-state index contributed by atoms with van der Waals surface area (Å²) in [7, 11) is 0. The zero-order valence-corrected chi connectivity index (χ0v) is 9.51. The van der Waals surface area contributed by atoms with Crippen molar-refractivity contribution in [2.24, 2.45) is 16.1 Å². The number of guanidine groups is 1. The highest BCUT2D eigenvalue weighted by Gasteiger charge is 2.49. The maximum absolute atomic E-state index is 5.91. The molecule has 1 fully saturated rings. The molecule has 1 unspecified atom stereocenters. The summed E-state index contributed by atoms with van der Waals surface area (Å²) >= 11 is 0. The molecule has 3 heteroatoms. The Kier molecular flexibility index (Phi) is 2.02. The van der Waals surface area contributed by atoms with E-state index >= 15 is 0 Å². The lowest BCUT2D eigenvalue weighted by molar-refractivity contribution is 0.193. The summed E-state index contributed by atoms with van der Waals surface area (Å²) in [5.74, 6) is 0.755. The van der Waals surface area contributed by atoms with Crippen molar-refractivity contribution in [1.82, 2.24) is 4.90 Å². The quantitative estimate of drug-likeness (QED) is 0.690. The van der Waals surface area contributed by atoms with Gasteiger partial charge in [-0.1, -0.05) is 13.8 Å². The van der Waals surface area contributed by atoms with Crippen molar-refractivity contribution in [3.05, 3.63) is 0 Å². The van der Waals surface area contributed by atoms with Gasteiger partial charge in [0, 0.05) is 6.54 Å². The molecule has 0 aromatic carbocycles. The van der Waals surface area contributed by atoms with Crippen LogP contribution >= 0.6 is 0 Å². The van der Waals surface area contributed by atoms with Crippen molar-refractivity contribution in [2.45, 2.75) is 45.6 Å². The third kappa shape index (κ3) is 1.30. The van der Waals surface area contributed by atoms with Crippen molar-refractivity contribution in [1.29, 1.82) is 0 Å². The molecule has 0 aromatic rings. The summed E-state index contributed by atoms with van der Waals surface area (Å²) in [5.41, 5.74) is 6.64. The van der Waals surface area contributed by atoms with Crippen molar-refractivity contribution in [2.75, 3.05) is 13.1 Å². The van der Waals surface area contributed by atoms with Gasteiger partial charge in [0.25, 0.3) is 0 Å². The highest BCUT2D eigenvalue weighted by Crippen LogP contribution is 2.48. The summed E-state index contributed by atoms with van der Waals surface area (Å²) in [4.78, 5) is 6.72. The predicted molar refractivity (Wildman–Crippen MR) is 59.2 cm³/mol. The van der Waals surface area contributed by atoms with E-state index in [1.807, 2.05) is 0 Å². The number of nitrogens with zero attached hydrogens (tertiary/aromatic N) is 2. The van der Waals surface area contributed by atoms with Gasteiger partial charge in [-0.05, 0) is 31.6 Å². The molecule has 0 radical (unpaired) electrons. The van der Waals surface area contributed by atoms with E-state index < -0.39 is 0 Å². The summed E-state index contributed by atoms with van der Waals surface area (Å²) in [5, 5.41) is 0. The molecule has 2 rings (SSSR count). The average Bonchev–Trinajstić information content (AvgIpc) is 2.55. The van der Waals surface area contributed by atoms with E-state index in [0.29, 0.717) is 5.41 Å². The van der Waals surface area contributed by atoms with Gasteiger partial charge in [-0.2, -0.15) is 0 Å². The molecule has 2 N–H and O–H groups in total. The molecule has 1 atom stereocenters. The molecule has 0 saturated heterocycles. The minimum absolute atomic E-state index is 0.266. The smallest absolute Gasteiger partial charge is 0.191 e. The molecule has 1 aliphatic carbocycles. The Morgan fingerprint density at radius 2 is 2.14 bits per heavy atom. The second-order valence-electron chi connectivity index (χ2n) is 5.48. The van der Waals surface area contributed by atoms with Gasteiger partial charge in [0.1, 0.15) is 0 Å². The van der Waals surface area contributed by atoms with Crippen LogP contribution in [0.1, 0.15) is 40.0 Å². The summed E-state index contributed by atoms with van der Waals surface area (Å²) in [6, 6.07) is 0. The van der Waals surface area contributed by atoms with E-state index in [2.05, 4.69) is 30.7 Å². The van der Waals surface area contributed by atoms with Crippen molar-refractivity contribution >= 4 is 5.96 Å². The van der Waals surface area contributed by atoms with Crippen LogP contribution in [0.2, 0.25) is 0 Å². The van der Waals surface area contributed by atoms with Gasteiger partial charge in [0.2, 0.25) is 0 Å². The van der Waals surface area contributed by atoms with Gasteiger partial charge >= 0.3 is 0 Å². The largest absolute Gasteiger partial charge is 0.370 e. The zero-order valence-electron chi connectivity index (χ0n) is 9.51. The third-order valence-corrected chi connectivity index (χ3v) is 3.78. The first-order chi connectivity index (χ1) is 6.49. The van der Waals surface area contributed by atoms with Crippen LogP contribution in [0.25, 0.3) is 0 Å². The second-order valence-corrected chi connectivity index (χ2v) is 5.48. The molecular formula is C11H21N3. The molecule has 3 nitrogen and oxygen atoms in total. The molecule has 0 amide bonds. The van der Waals surface area contributed by atoms with Crippen LogP contribution in [0.3, 0.4) is 0 Å². The highest BCUT2D eigenvalue weighted by atomic mass is 15.4. The van der Waals surface area contributed by atoms with Gasteiger partial charge in [0.15, 0.2) is 5.96 Å². The number of nitrogens with two attached hydrogens (primary N) is 1. The first kappa shape index (κ1) is 9.81. The van der Waals surface area contributed by atoms with Crippen LogP contribution in [-0.2, 0) is 0 Å². The van der Waals surface area contributed by atoms with Crippen LogP contribution in [0.15, 0.2) is 4.99 Å². The minimum Gasteiger partial charge on any atom is -0.370 e. The lowest BCUT2D eigenvalue weighted by atomic mass is 9.87. The van der Waals surface area contributed by atoms with E-state index in [0.717, 1.165) is 19.0 Å². The molecule has 2 aliphatic rings. The fraction of sp³-hybridized carbons (Fsp3) is 0.909. The van der Waals surface area contributed by atoms with Crippen LogP contribution in [-0.4, -0.2) is 29.5 Å². The van der Waals surface area contributed by atoms with Crippen molar-refractivity contribution in [3.8, 4) is 0 Å². The Morgan fingerprint density at radius 1 is 1.43 bits per heavy atom. The van der Waals surface area contributed by atoms with E-state index in [9.17, 15) is 0 Å². The first-order valence-corrected chi connectivity index (χ1v) is 5.57. The average molecular weight is 195 g/mol. The maximum atomic E-state index is 5.91. The molecule has 0 bridgehead atoms. The Hall–Kier alpha value is -0.730. The van der Waals surface area contributed by atoms with Crippen molar-refractivity contribution in [3.63, 3.8) is 0 Å². The Labute approximate surface area is 86.4 Å². The topological polar surface area (TPSA) is 41.6 Å². The number of rotatable bonds is 1. The first-order valence-electron chi connectivity index (χ1n) is 5.57. The number of likely N-dealkylation sites (N-methyl/N-ethyl adjacent to an activating group) is 1. The van der Waals surface area contributed by atoms with Crippen molar-refractivity contribution < 1.29 is 0 Å². The molecule has 0 aromatic heterocycles. The second kappa shape index (κ2) is 2.88. The Bertz CT molecular complexity index is 270. The van der Waals surface area contributed by atoms with Gasteiger partial charge in [-0.3, -0.25) is 4.99 Å². The molecule has 1 spiro atoms. The number of hydrogen-bond donors (Lipinski definition) is 1. The standard InChI is InChI=1S/C11H21N3/c1-4-14-9(12)13-8-11(14)6-5-10(2,3)7-11/h4-8H2,1-3H3,(H2,12,13). The van der Waals surface area contributed by atoms with Gasteiger partial charge in [-0.25, -0.2) is 0 Å². The summed E-state index contributed by atoms with van der Waals surface area (Å²) < 4.78 is 0. The molecular weight excluding hydrogens is 174 g/mol. The fourth-order valence-corrected chi connectivity index (χ4v) is 3.14. The normalized spacial score (nSPS) is 35.4. The zero-order chi connectivity index (χ0) is 10.4. The fourth-order valence-electron chi connectivity index (χ4n) is 3.14. The molecule has 1 saturated carbocycles. The lowest BCUT2D eigenvalue weighted by Crippen LogP contribution is -2.50. The van der Waals surface area contributed by atoms with Crippen LogP contribution in [0, 0.1) is 5.41 Å². The maximum Gasteiger partial charge on any atom is 0.191 e. The molecule has 14 heavy (non-hydrogen) atoms. The molecule has 80 valence electrons. The van der Waals surface area contributed by atoms with E-state index in [-0.39, 0.29) is 5.54 Å². The number of aliphatic imine (C=N–C) groups is 1. The Balaban J connectivity index is 2.20. The lowest BCUT2D eigenvalue weighted by Gasteiger charge is -2.36. The van der Waals surface area contributed by atoms with Crippen LogP contribution in [0.4, 0.5) is 0 Å². The third-order valence-electron chi connectivity index (χ3n) is 3.78. The van der Waals surface area contributed by atoms with E-state index in [4.69, 9.17) is 5.73 Å².